The number of piperidine rings is 1. The number of fused-ring (bicyclic) bond motifs is 1. The van der Waals surface area contributed by atoms with Crippen LogP contribution >= 0.6 is 0 Å². The molecule has 1 aromatic carbocycles. The Morgan fingerprint density at radius 3 is 2.91 bits per heavy atom. The Morgan fingerprint density at radius 1 is 1.37 bits per heavy atom. The molecule has 0 aliphatic carbocycles. The number of rotatable bonds is 8. The van der Waals surface area contributed by atoms with Crippen molar-refractivity contribution < 1.29 is 14.2 Å². The molecule has 35 heavy (non-hydrogen) atoms. The van der Waals surface area contributed by atoms with E-state index in [1.54, 1.807) is 24.3 Å². The summed E-state index contributed by atoms with van der Waals surface area (Å²) in [5.74, 6) is 1.33. The second-order valence-corrected chi connectivity index (χ2v) is 8.32. The summed E-state index contributed by atoms with van der Waals surface area (Å²) >= 11 is 0. The maximum absolute atomic E-state index is 14.9. The lowest BCUT2D eigenvalue weighted by Gasteiger charge is -2.31. The first-order chi connectivity index (χ1) is 17.0. The average Bonchev–Trinajstić information content (AvgIpc) is 3.46. The van der Waals surface area contributed by atoms with Gasteiger partial charge in [0, 0.05) is 41.8 Å². The molecule has 0 unspecified atom stereocenters. The third-order valence-corrected chi connectivity index (χ3v) is 5.71. The number of aromatic nitrogens is 3. The van der Waals surface area contributed by atoms with Crippen molar-refractivity contribution in [2.24, 2.45) is 9.98 Å². The van der Waals surface area contributed by atoms with Crippen molar-refractivity contribution in [1.29, 1.82) is 0 Å². The number of amidine groups is 1. The molecule has 1 fully saturated rings. The monoisotopic (exact) mass is 479 g/mol. The van der Waals surface area contributed by atoms with E-state index in [0.717, 1.165) is 16.9 Å². The summed E-state index contributed by atoms with van der Waals surface area (Å²) in [5, 5.41) is 20.6. The average molecular weight is 480 g/mol. The maximum Gasteiger partial charge on any atom is 0.181 e. The van der Waals surface area contributed by atoms with Gasteiger partial charge in [0.1, 0.15) is 11.7 Å². The molecular formula is C25H30FN7O2. The van der Waals surface area contributed by atoms with Gasteiger partial charge in [-0.2, -0.15) is 5.10 Å². The van der Waals surface area contributed by atoms with Gasteiger partial charge in [0.15, 0.2) is 24.1 Å². The molecule has 1 aliphatic rings. The largest absolute Gasteiger partial charge is 0.468 e. The van der Waals surface area contributed by atoms with Crippen LogP contribution in [0.2, 0.25) is 0 Å². The molecule has 0 spiro atoms. The van der Waals surface area contributed by atoms with E-state index in [1.807, 2.05) is 37.0 Å². The van der Waals surface area contributed by atoms with Crippen LogP contribution < -0.4 is 10.1 Å². The Hall–Kier alpha value is -3.92. The van der Waals surface area contributed by atoms with Crippen molar-refractivity contribution in [3.05, 3.63) is 59.4 Å². The molecule has 3 aromatic rings. The number of likely N-dealkylation sites (tertiary alicyclic amines) is 1. The fourth-order valence-electron chi connectivity index (χ4n) is 3.94. The highest BCUT2D eigenvalue weighted by atomic mass is 19.1. The van der Waals surface area contributed by atoms with Gasteiger partial charge in [0.05, 0.1) is 11.8 Å². The molecule has 3 heterocycles. The number of aliphatic imine (C=N–C) groups is 2. The highest BCUT2D eigenvalue weighted by molar-refractivity contribution is 5.94. The topological polar surface area (TPSA) is 114 Å². The fraction of sp³-hybridized carbons (Fsp3) is 0.320. The van der Waals surface area contributed by atoms with Gasteiger partial charge in [0.2, 0.25) is 0 Å². The number of hydrogen-bond donors (Lipinski definition) is 4. The first-order valence-electron chi connectivity index (χ1n) is 11.5. The molecule has 0 radical (unpaired) electrons. The van der Waals surface area contributed by atoms with Crippen molar-refractivity contribution in [2.45, 2.75) is 32.8 Å². The highest BCUT2D eigenvalue weighted by Gasteiger charge is 2.20. The number of halogens is 1. The number of nitrogens with zero attached hydrogens (tertiary/aromatic N) is 4. The van der Waals surface area contributed by atoms with E-state index in [-0.39, 0.29) is 18.6 Å². The van der Waals surface area contributed by atoms with Crippen LogP contribution in [0, 0.1) is 12.7 Å². The molecule has 10 heteroatoms. The van der Waals surface area contributed by atoms with Crippen molar-refractivity contribution >= 4 is 35.3 Å². The number of nitrogens with one attached hydrogen (secondary N) is 3. The Kier molecular flexibility index (Phi) is 7.61. The fourth-order valence-corrected chi connectivity index (χ4v) is 3.94. The molecule has 0 bridgehead atoms. The quantitative estimate of drug-likeness (QED) is 0.285. The van der Waals surface area contributed by atoms with Gasteiger partial charge < -0.3 is 25.0 Å². The molecular weight excluding hydrogens is 449 g/mol. The Morgan fingerprint density at radius 2 is 2.17 bits per heavy atom. The first kappa shape index (κ1) is 24.2. The molecule has 0 amide bonds. The molecule has 1 saturated heterocycles. The second-order valence-electron chi connectivity index (χ2n) is 8.32. The first-order valence-corrected chi connectivity index (χ1v) is 11.5. The lowest BCUT2D eigenvalue weighted by molar-refractivity contribution is 0.109. The van der Waals surface area contributed by atoms with Gasteiger partial charge in [0.25, 0.3) is 0 Å². The van der Waals surface area contributed by atoms with E-state index in [4.69, 9.17) is 4.74 Å². The van der Waals surface area contributed by atoms with Crippen LogP contribution in [-0.2, 0) is 0 Å². The normalized spacial score (nSPS) is 15.8. The number of aromatic amines is 2. The molecule has 2 aromatic heterocycles. The van der Waals surface area contributed by atoms with Crippen molar-refractivity contribution in [3.8, 4) is 5.75 Å². The van der Waals surface area contributed by atoms with Gasteiger partial charge in [-0.1, -0.05) is 6.08 Å². The number of aliphatic hydroxyl groups excluding tert-OH is 1. The van der Waals surface area contributed by atoms with E-state index >= 15 is 0 Å². The van der Waals surface area contributed by atoms with E-state index in [1.165, 1.54) is 0 Å². The highest BCUT2D eigenvalue weighted by Crippen LogP contribution is 2.27. The van der Waals surface area contributed by atoms with Gasteiger partial charge in [-0.05, 0) is 57.7 Å². The Labute approximate surface area is 203 Å². The SMILES string of the molecule is C=N/C(=C\C(=N/COc1ccc2[nH]c(C)cc2c1F)N1CCC(O)CC1)Nc1cc(/C=C/C)[nH]n1. The summed E-state index contributed by atoms with van der Waals surface area (Å²) in [7, 11) is 0. The van der Waals surface area contributed by atoms with Gasteiger partial charge in [-0.3, -0.25) is 5.10 Å². The zero-order chi connectivity index (χ0) is 24.8. The molecule has 0 atom stereocenters. The van der Waals surface area contributed by atoms with E-state index in [2.05, 4.69) is 37.2 Å². The van der Waals surface area contributed by atoms with Gasteiger partial charge in [-0.25, -0.2) is 14.4 Å². The molecule has 0 saturated carbocycles. The van der Waals surface area contributed by atoms with E-state index in [0.29, 0.717) is 48.8 Å². The third-order valence-electron chi connectivity index (χ3n) is 5.71. The summed E-state index contributed by atoms with van der Waals surface area (Å²) in [6.45, 7) is 8.61. The minimum absolute atomic E-state index is 0.0883. The van der Waals surface area contributed by atoms with Crippen LogP contribution in [0.1, 0.15) is 31.2 Å². The van der Waals surface area contributed by atoms with Crippen LogP contribution in [0.3, 0.4) is 0 Å². The molecule has 4 rings (SSSR count). The number of anilines is 1. The number of hydrogen-bond acceptors (Lipinski definition) is 6. The van der Waals surface area contributed by atoms with Crippen LogP contribution in [-0.4, -0.2) is 63.7 Å². The zero-order valence-corrected chi connectivity index (χ0v) is 19.9. The number of aliphatic hydroxyl groups is 1. The maximum atomic E-state index is 14.9. The predicted octanol–water partition coefficient (Wildman–Crippen LogP) is 4.22. The number of aryl methyl sites for hydroxylation is 1. The molecule has 184 valence electrons. The van der Waals surface area contributed by atoms with E-state index < -0.39 is 5.82 Å². The predicted molar refractivity (Wildman–Crippen MR) is 137 cm³/mol. The summed E-state index contributed by atoms with van der Waals surface area (Å²) in [6.07, 6.45) is 6.48. The van der Waals surface area contributed by atoms with Crippen molar-refractivity contribution in [3.63, 3.8) is 0 Å². The smallest absolute Gasteiger partial charge is 0.181 e. The Balaban J connectivity index is 1.54. The third kappa shape index (κ3) is 5.96. The summed E-state index contributed by atoms with van der Waals surface area (Å²) < 4.78 is 20.6. The van der Waals surface area contributed by atoms with Crippen molar-refractivity contribution in [2.75, 3.05) is 25.1 Å². The van der Waals surface area contributed by atoms with Gasteiger partial charge >= 0.3 is 0 Å². The van der Waals surface area contributed by atoms with Crippen molar-refractivity contribution in [1.82, 2.24) is 20.1 Å². The number of H-pyrrole nitrogens is 2. The van der Waals surface area contributed by atoms with Crippen LogP contribution in [0.5, 0.6) is 5.75 Å². The molecule has 9 nitrogen and oxygen atoms in total. The summed E-state index contributed by atoms with van der Waals surface area (Å²) in [6, 6.07) is 6.97. The summed E-state index contributed by atoms with van der Waals surface area (Å²) in [4.78, 5) is 13.8. The minimum atomic E-state index is -0.425. The second kappa shape index (κ2) is 11.0. The lowest BCUT2D eigenvalue weighted by Crippen LogP contribution is -2.39. The minimum Gasteiger partial charge on any atom is -0.468 e. The molecule has 1 aliphatic heterocycles. The summed E-state index contributed by atoms with van der Waals surface area (Å²) in [5.41, 5.74) is 2.44. The molecule has 4 N–H and O–H groups in total. The lowest BCUT2D eigenvalue weighted by atomic mass is 10.1. The number of benzene rings is 1. The Bertz CT molecular complexity index is 1270. The van der Waals surface area contributed by atoms with Crippen LogP contribution in [0.15, 0.2) is 52.2 Å². The van der Waals surface area contributed by atoms with E-state index in [9.17, 15) is 9.50 Å². The number of ether oxygens (including phenoxy) is 1. The zero-order valence-electron chi connectivity index (χ0n) is 19.9. The van der Waals surface area contributed by atoms with Gasteiger partial charge in [-0.15, -0.1) is 0 Å². The number of allylic oxidation sites excluding steroid dienone is 1. The van der Waals surface area contributed by atoms with Crippen LogP contribution in [0.4, 0.5) is 10.2 Å². The van der Waals surface area contributed by atoms with Crippen LogP contribution in [0.25, 0.3) is 17.0 Å². The standard InChI is InChI=1S/C25H30FN7O2/c1-4-5-17-13-23(32-31-17)30-22(27-3)14-24(33-10-8-18(34)9-11-33)28-15-35-21-7-6-20-19(25(21)26)12-16(2)29-20/h4-7,12-14,18,29,34H,3,8-11,15H2,1-2H3,(H2,30,31,32)/b5-4+,22-14+,28-24+.